The van der Waals surface area contributed by atoms with Gasteiger partial charge >= 0.3 is 5.97 Å². The predicted molar refractivity (Wildman–Crippen MR) is 77.3 cm³/mol. The Morgan fingerprint density at radius 2 is 1.89 bits per heavy atom. The van der Waals surface area contributed by atoms with Crippen molar-refractivity contribution in [1.29, 1.82) is 0 Å². The largest absolute Gasteiger partial charge is 0.480 e. The number of carbonyl (C=O) groups is 2. The summed E-state index contributed by atoms with van der Waals surface area (Å²) in [4.78, 5) is 24.1. The lowest BCUT2D eigenvalue weighted by molar-refractivity contribution is -0.136. The van der Waals surface area contributed by atoms with Crippen LogP contribution in [0.2, 0.25) is 0 Å². The summed E-state index contributed by atoms with van der Waals surface area (Å²) in [6, 6.07) is 9.54. The molecule has 0 spiro atoms. The molecule has 0 aliphatic carbocycles. The number of hydrogen-bond donors (Lipinski definition) is 1. The van der Waals surface area contributed by atoms with Crippen LogP contribution in [0, 0.1) is 0 Å². The zero-order valence-corrected chi connectivity index (χ0v) is 12.0. The standard InChI is InChI=1S/C14H19NO3S/c1-15(2)13(16)8-9-19-12(14(17)18)10-11-6-4-3-5-7-11/h3-7,12H,8-10H2,1-2H3,(H,17,18). The average molecular weight is 281 g/mol. The number of amides is 1. The number of thioether (sulfide) groups is 1. The molecule has 0 aliphatic rings. The van der Waals surface area contributed by atoms with Gasteiger partial charge in [-0.1, -0.05) is 30.3 Å². The van der Waals surface area contributed by atoms with E-state index in [1.165, 1.54) is 16.7 Å². The average Bonchev–Trinajstić information content (AvgIpc) is 2.38. The number of nitrogens with zero attached hydrogens (tertiary/aromatic N) is 1. The van der Waals surface area contributed by atoms with Crippen molar-refractivity contribution >= 4 is 23.6 Å². The molecule has 19 heavy (non-hydrogen) atoms. The van der Waals surface area contributed by atoms with Crippen LogP contribution in [0.25, 0.3) is 0 Å². The summed E-state index contributed by atoms with van der Waals surface area (Å²) in [6.07, 6.45) is 0.854. The van der Waals surface area contributed by atoms with E-state index in [-0.39, 0.29) is 5.91 Å². The molecule has 0 heterocycles. The van der Waals surface area contributed by atoms with Crippen molar-refractivity contribution in [2.45, 2.75) is 18.1 Å². The summed E-state index contributed by atoms with van der Waals surface area (Å²) in [5.41, 5.74) is 1.00. The Morgan fingerprint density at radius 1 is 1.26 bits per heavy atom. The van der Waals surface area contributed by atoms with Crippen LogP contribution < -0.4 is 0 Å². The molecule has 0 saturated heterocycles. The highest BCUT2D eigenvalue weighted by atomic mass is 32.2. The van der Waals surface area contributed by atoms with E-state index in [0.717, 1.165) is 5.56 Å². The number of carbonyl (C=O) groups excluding carboxylic acids is 1. The molecule has 1 aromatic rings. The lowest BCUT2D eigenvalue weighted by Gasteiger charge is -2.13. The fraction of sp³-hybridized carbons (Fsp3) is 0.429. The van der Waals surface area contributed by atoms with Crippen LogP contribution in [0.5, 0.6) is 0 Å². The number of aliphatic carboxylic acids is 1. The molecule has 5 heteroatoms. The molecule has 0 saturated carbocycles. The van der Waals surface area contributed by atoms with Gasteiger partial charge in [-0.3, -0.25) is 9.59 Å². The highest BCUT2D eigenvalue weighted by molar-refractivity contribution is 8.00. The molecule has 0 aliphatic heterocycles. The molecule has 1 rings (SSSR count). The van der Waals surface area contributed by atoms with Crippen molar-refractivity contribution in [2.75, 3.05) is 19.8 Å². The Morgan fingerprint density at radius 3 is 2.42 bits per heavy atom. The minimum atomic E-state index is -0.828. The third kappa shape index (κ3) is 5.79. The molecule has 104 valence electrons. The van der Waals surface area contributed by atoms with Gasteiger partial charge in [-0.15, -0.1) is 11.8 Å². The second-order valence-corrected chi connectivity index (χ2v) is 5.74. The summed E-state index contributed by atoms with van der Waals surface area (Å²) in [5, 5.41) is 8.69. The summed E-state index contributed by atoms with van der Waals surface area (Å²) in [7, 11) is 3.40. The van der Waals surface area contributed by atoms with Crippen molar-refractivity contribution in [2.24, 2.45) is 0 Å². The topological polar surface area (TPSA) is 57.6 Å². The van der Waals surface area contributed by atoms with Gasteiger partial charge in [0.15, 0.2) is 0 Å². The van der Waals surface area contributed by atoms with Crippen molar-refractivity contribution in [3.05, 3.63) is 35.9 Å². The highest BCUT2D eigenvalue weighted by Gasteiger charge is 2.19. The Kier molecular flexibility index (Phi) is 6.42. The smallest absolute Gasteiger partial charge is 0.316 e. The maximum Gasteiger partial charge on any atom is 0.316 e. The minimum absolute atomic E-state index is 0.0244. The highest BCUT2D eigenvalue weighted by Crippen LogP contribution is 2.18. The molecule has 0 aromatic heterocycles. The van der Waals surface area contributed by atoms with Crippen molar-refractivity contribution in [1.82, 2.24) is 4.90 Å². The number of benzene rings is 1. The second-order valence-electron chi connectivity index (χ2n) is 4.43. The normalized spacial score (nSPS) is 11.9. The van der Waals surface area contributed by atoms with Crippen LogP contribution in [-0.2, 0) is 16.0 Å². The first-order chi connectivity index (χ1) is 9.00. The van der Waals surface area contributed by atoms with Crippen LogP contribution in [0.3, 0.4) is 0 Å². The summed E-state index contributed by atoms with van der Waals surface area (Å²) >= 11 is 1.32. The maximum atomic E-state index is 11.4. The van der Waals surface area contributed by atoms with Crippen LogP contribution in [0.15, 0.2) is 30.3 Å². The molecular weight excluding hydrogens is 262 g/mol. The SMILES string of the molecule is CN(C)C(=O)CCSC(Cc1ccccc1)C(=O)O. The van der Waals surface area contributed by atoms with Gasteiger partial charge in [-0.2, -0.15) is 0 Å². The fourth-order valence-corrected chi connectivity index (χ4v) is 2.59. The first-order valence-electron chi connectivity index (χ1n) is 6.09. The molecule has 1 aromatic carbocycles. The van der Waals surface area contributed by atoms with E-state index in [9.17, 15) is 14.7 Å². The van der Waals surface area contributed by atoms with Gasteiger partial charge in [0.25, 0.3) is 0 Å². The van der Waals surface area contributed by atoms with Gasteiger partial charge in [-0.05, 0) is 12.0 Å². The van der Waals surface area contributed by atoms with Gasteiger partial charge in [0.05, 0.1) is 0 Å². The Balaban J connectivity index is 2.46. The quantitative estimate of drug-likeness (QED) is 0.829. The summed E-state index contributed by atoms with van der Waals surface area (Å²) < 4.78 is 0. The van der Waals surface area contributed by atoms with E-state index >= 15 is 0 Å². The van der Waals surface area contributed by atoms with Crippen LogP contribution in [0.1, 0.15) is 12.0 Å². The predicted octanol–water partition coefficient (Wildman–Crippen LogP) is 1.89. The Bertz CT molecular complexity index is 420. The minimum Gasteiger partial charge on any atom is -0.480 e. The van der Waals surface area contributed by atoms with Crippen LogP contribution in [-0.4, -0.2) is 47.0 Å². The maximum absolute atomic E-state index is 11.4. The summed E-state index contributed by atoms with van der Waals surface area (Å²) in [6.45, 7) is 0. The molecule has 1 N–H and O–H groups in total. The van der Waals surface area contributed by atoms with Crippen molar-refractivity contribution in [3.8, 4) is 0 Å². The van der Waals surface area contributed by atoms with Gasteiger partial charge < -0.3 is 10.0 Å². The van der Waals surface area contributed by atoms with Gasteiger partial charge in [0.2, 0.25) is 5.91 Å². The Hall–Kier alpha value is -1.49. The van der Waals surface area contributed by atoms with E-state index in [0.29, 0.717) is 18.6 Å². The van der Waals surface area contributed by atoms with E-state index in [1.54, 1.807) is 14.1 Å². The van der Waals surface area contributed by atoms with E-state index in [1.807, 2.05) is 30.3 Å². The monoisotopic (exact) mass is 281 g/mol. The molecular formula is C14H19NO3S. The van der Waals surface area contributed by atoms with E-state index in [2.05, 4.69) is 0 Å². The first-order valence-corrected chi connectivity index (χ1v) is 7.14. The third-order valence-corrected chi connectivity index (χ3v) is 3.88. The molecule has 4 nitrogen and oxygen atoms in total. The second kappa shape index (κ2) is 7.84. The third-order valence-electron chi connectivity index (χ3n) is 2.67. The lowest BCUT2D eigenvalue weighted by atomic mass is 10.1. The molecule has 1 atom stereocenters. The number of rotatable bonds is 7. The van der Waals surface area contributed by atoms with Crippen molar-refractivity contribution < 1.29 is 14.7 Å². The summed E-state index contributed by atoms with van der Waals surface area (Å²) in [5.74, 6) is -0.275. The molecule has 0 bridgehead atoms. The van der Waals surface area contributed by atoms with Crippen LogP contribution >= 0.6 is 11.8 Å². The number of carboxylic acids is 1. The zero-order valence-electron chi connectivity index (χ0n) is 11.2. The number of carboxylic acid groups (broad SMARTS) is 1. The van der Waals surface area contributed by atoms with Gasteiger partial charge in [0.1, 0.15) is 5.25 Å². The molecule has 1 unspecified atom stereocenters. The number of hydrogen-bond acceptors (Lipinski definition) is 3. The van der Waals surface area contributed by atoms with Gasteiger partial charge in [-0.25, -0.2) is 0 Å². The van der Waals surface area contributed by atoms with E-state index < -0.39 is 11.2 Å². The molecule has 0 radical (unpaired) electrons. The molecule has 1 amide bonds. The fourth-order valence-electron chi connectivity index (χ4n) is 1.56. The molecule has 0 fully saturated rings. The van der Waals surface area contributed by atoms with Crippen molar-refractivity contribution in [3.63, 3.8) is 0 Å². The zero-order chi connectivity index (χ0) is 14.3. The van der Waals surface area contributed by atoms with Crippen LogP contribution in [0.4, 0.5) is 0 Å². The van der Waals surface area contributed by atoms with E-state index in [4.69, 9.17) is 0 Å². The lowest BCUT2D eigenvalue weighted by Crippen LogP contribution is -2.24. The first kappa shape index (κ1) is 15.6. The Labute approximate surface area is 117 Å². The van der Waals surface area contributed by atoms with Gasteiger partial charge in [0, 0.05) is 26.3 Å².